The zero-order chi connectivity index (χ0) is 13.9. The van der Waals surface area contributed by atoms with Gasteiger partial charge in [-0.15, -0.1) is 0 Å². The van der Waals surface area contributed by atoms with E-state index < -0.39 is 0 Å². The fourth-order valence-electron chi connectivity index (χ4n) is 3.15. The number of methoxy groups -OCH3 is 1. The standard InChI is InChI=1S/C18H20O2/c1-20-17-9-10-18-14(3-2-4-15(18)12-17)11-13-5-7-16(19)8-6-13/h5-10,12,14,19H,2-4,11H2,1H3/t14-/m1/s1. The van der Waals surface area contributed by atoms with Crippen LogP contribution in [0.1, 0.15) is 35.4 Å². The lowest BCUT2D eigenvalue weighted by Gasteiger charge is -2.26. The van der Waals surface area contributed by atoms with Crippen LogP contribution in [-0.4, -0.2) is 12.2 Å². The monoisotopic (exact) mass is 268 g/mol. The van der Waals surface area contributed by atoms with Crippen molar-refractivity contribution in [3.05, 3.63) is 59.2 Å². The molecular weight excluding hydrogens is 248 g/mol. The largest absolute Gasteiger partial charge is 0.508 e. The normalized spacial score (nSPS) is 17.6. The molecular formula is C18H20O2. The van der Waals surface area contributed by atoms with E-state index >= 15 is 0 Å². The van der Waals surface area contributed by atoms with Gasteiger partial charge in [0.25, 0.3) is 0 Å². The van der Waals surface area contributed by atoms with Crippen LogP contribution in [0.2, 0.25) is 0 Å². The predicted octanol–water partition coefficient (Wildman–Crippen LogP) is 4.06. The fourth-order valence-corrected chi connectivity index (χ4v) is 3.15. The predicted molar refractivity (Wildman–Crippen MR) is 80.5 cm³/mol. The molecule has 2 aromatic carbocycles. The Morgan fingerprint density at radius 2 is 1.95 bits per heavy atom. The van der Waals surface area contributed by atoms with Gasteiger partial charge >= 0.3 is 0 Å². The maximum absolute atomic E-state index is 9.36. The van der Waals surface area contributed by atoms with Gasteiger partial charge in [-0.2, -0.15) is 0 Å². The highest BCUT2D eigenvalue weighted by molar-refractivity contribution is 5.40. The van der Waals surface area contributed by atoms with Crippen LogP contribution in [0.25, 0.3) is 0 Å². The lowest BCUT2D eigenvalue weighted by Crippen LogP contribution is -2.12. The second kappa shape index (κ2) is 5.58. The molecule has 0 radical (unpaired) electrons. The number of rotatable bonds is 3. The lowest BCUT2D eigenvalue weighted by atomic mass is 9.79. The van der Waals surface area contributed by atoms with E-state index in [4.69, 9.17) is 4.74 Å². The molecule has 0 unspecified atom stereocenters. The van der Waals surface area contributed by atoms with Gasteiger partial charge in [0.15, 0.2) is 0 Å². The van der Waals surface area contributed by atoms with Crippen LogP contribution in [0, 0.1) is 0 Å². The Bertz CT molecular complexity index is 587. The van der Waals surface area contributed by atoms with Gasteiger partial charge in [0.05, 0.1) is 7.11 Å². The summed E-state index contributed by atoms with van der Waals surface area (Å²) in [6.07, 6.45) is 4.67. The minimum absolute atomic E-state index is 0.336. The number of aryl methyl sites for hydroxylation is 1. The first-order chi connectivity index (χ1) is 9.76. The van der Waals surface area contributed by atoms with Gasteiger partial charge < -0.3 is 9.84 Å². The first-order valence-corrected chi connectivity index (χ1v) is 7.21. The number of phenols is 1. The van der Waals surface area contributed by atoms with E-state index in [1.807, 2.05) is 12.1 Å². The number of hydrogen-bond acceptors (Lipinski definition) is 2. The summed E-state index contributed by atoms with van der Waals surface area (Å²) in [5, 5.41) is 9.36. The van der Waals surface area contributed by atoms with Gasteiger partial charge in [0, 0.05) is 0 Å². The van der Waals surface area contributed by atoms with Crippen LogP contribution in [0.15, 0.2) is 42.5 Å². The Morgan fingerprint density at radius 3 is 2.70 bits per heavy atom. The Morgan fingerprint density at radius 1 is 1.15 bits per heavy atom. The van der Waals surface area contributed by atoms with Crippen molar-refractivity contribution in [3.8, 4) is 11.5 Å². The molecule has 0 saturated carbocycles. The summed E-state index contributed by atoms with van der Waals surface area (Å²) in [7, 11) is 1.72. The maximum atomic E-state index is 9.36. The second-order valence-electron chi connectivity index (χ2n) is 5.52. The van der Waals surface area contributed by atoms with Crippen LogP contribution >= 0.6 is 0 Å². The molecule has 0 aliphatic heterocycles. The Hall–Kier alpha value is -1.96. The summed E-state index contributed by atoms with van der Waals surface area (Å²) < 4.78 is 5.32. The number of benzene rings is 2. The molecule has 0 bridgehead atoms. The van der Waals surface area contributed by atoms with Crippen molar-refractivity contribution in [3.63, 3.8) is 0 Å². The summed E-state index contributed by atoms with van der Waals surface area (Å²) in [6, 6.07) is 14.0. The molecule has 2 heteroatoms. The first kappa shape index (κ1) is 13.0. The van der Waals surface area contributed by atoms with Crippen molar-refractivity contribution in [2.24, 2.45) is 0 Å². The number of phenolic OH excluding ortho intramolecular Hbond substituents is 1. The molecule has 0 heterocycles. The molecule has 0 aromatic heterocycles. The SMILES string of the molecule is COc1ccc2c(c1)CCC[C@@H]2Cc1ccc(O)cc1. The zero-order valence-corrected chi connectivity index (χ0v) is 11.8. The molecule has 1 aliphatic rings. The summed E-state index contributed by atoms with van der Waals surface area (Å²) in [6.45, 7) is 0. The molecule has 2 aromatic rings. The highest BCUT2D eigenvalue weighted by Gasteiger charge is 2.20. The van der Waals surface area contributed by atoms with Crippen molar-refractivity contribution >= 4 is 0 Å². The number of fused-ring (bicyclic) bond motifs is 1. The van der Waals surface area contributed by atoms with Crippen LogP contribution in [0.5, 0.6) is 11.5 Å². The summed E-state index contributed by atoms with van der Waals surface area (Å²) >= 11 is 0. The molecule has 1 atom stereocenters. The highest BCUT2D eigenvalue weighted by Crippen LogP contribution is 2.36. The Labute approximate surface area is 120 Å². The second-order valence-corrected chi connectivity index (χ2v) is 5.52. The maximum Gasteiger partial charge on any atom is 0.119 e. The first-order valence-electron chi connectivity index (χ1n) is 7.21. The van der Waals surface area contributed by atoms with E-state index in [-0.39, 0.29) is 0 Å². The van der Waals surface area contributed by atoms with E-state index in [9.17, 15) is 5.11 Å². The molecule has 0 saturated heterocycles. The molecule has 20 heavy (non-hydrogen) atoms. The van der Waals surface area contributed by atoms with Crippen LogP contribution in [-0.2, 0) is 12.8 Å². The Kier molecular flexibility index (Phi) is 3.64. The third-order valence-corrected chi connectivity index (χ3v) is 4.21. The van der Waals surface area contributed by atoms with Gasteiger partial charge in [0.2, 0.25) is 0 Å². The lowest BCUT2D eigenvalue weighted by molar-refractivity contribution is 0.413. The van der Waals surface area contributed by atoms with Gasteiger partial charge in [-0.05, 0) is 72.6 Å². The van der Waals surface area contributed by atoms with Crippen LogP contribution in [0.4, 0.5) is 0 Å². The molecule has 3 rings (SSSR count). The molecule has 0 amide bonds. The minimum Gasteiger partial charge on any atom is -0.508 e. The third kappa shape index (κ3) is 2.64. The smallest absolute Gasteiger partial charge is 0.119 e. The topological polar surface area (TPSA) is 29.5 Å². The van der Waals surface area contributed by atoms with Crippen LogP contribution < -0.4 is 4.74 Å². The molecule has 1 N–H and O–H groups in total. The van der Waals surface area contributed by atoms with Crippen molar-refractivity contribution in [1.29, 1.82) is 0 Å². The average Bonchev–Trinajstić information content (AvgIpc) is 2.49. The molecule has 0 spiro atoms. The van der Waals surface area contributed by atoms with E-state index in [2.05, 4.69) is 18.2 Å². The molecule has 2 nitrogen and oxygen atoms in total. The summed E-state index contributed by atoms with van der Waals surface area (Å²) in [5.41, 5.74) is 4.18. The number of aromatic hydroxyl groups is 1. The van der Waals surface area contributed by atoms with E-state index in [0.717, 1.165) is 18.6 Å². The van der Waals surface area contributed by atoms with E-state index in [1.54, 1.807) is 19.2 Å². The number of ether oxygens (including phenoxy) is 1. The van der Waals surface area contributed by atoms with Crippen LogP contribution in [0.3, 0.4) is 0 Å². The van der Waals surface area contributed by atoms with E-state index in [0.29, 0.717) is 11.7 Å². The van der Waals surface area contributed by atoms with Gasteiger partial charge in [-0.1, -0.05) is 18.2 Å². The molecule has 0 fully saturated rings. The summed E-state index contributed by atoms with van der Waals surface area (Å²) in [4.78, 5) is 0. The van der Waals surface area contributed by atoms with Crippen molar-refractivity contribution in [2.75, 3.05) is 7.11 Å². The highest BCUT2D eigenvalue weighted by atomic mass is 16.5. The summed E-state index contributed by atoms with van der Waals surface area (Å²) in [5.74, 6) is 1.87. The number of hydrogen-bond donors (Lipinski definition) is 1. The van der Waals surface area contributed by atoms with Crippen molar-refractivity contribution < 1.29 is 9.84 Å². The van der Waals surface area contributed by atoms with Gasteiger partial charge in [-0.3, -0.25) is 0 Å². The van der Waals surface area contributed by atoms with Gasteiger partial charge in [0.1, 0.15) is 11.5 Å². The molecule has 1 aliphatic carbocycles. The van der Waals surface area contributed by atoms with Gasteiger partial charge in [-0.25, -0.2) is 0 Å². The Balaban J connectivity index is 1.84. The fraction of sp³-hybridized carbons (Fsp3) is 0.333. The quantitative estimate of drug-likeness (QED) is 0.909. The zero-order valence-electron chi connectivity index (χ0n) is 11.8. The van der Waals surface area contributed by atoms with E-state index in [1.165, 1.54) is 29.5 Å². The third-order valence-electron chi connectivity index (χ3n) is 4.21. The van der Waals surface area contributed by atoms with Crippen molar-refractivity contribution in [1.82, 2.24) is 0 Å². The molecule has 104 valence electrons. The average molecular weight is 268 g/mol. The minimum atomic E-state index is 0.336. The van der Waals surface area contributed by atoms with Crippen molar-refractivity contribution in [2.45, 2.75) is 31.6 Å².